The van der Waals surface area contributed by atoms with Crippen LogP contribution in [0.3, 0.4) is 0 Å². The highest BCUT2D eigenvalue weighted by atomic mass is 19.3. The predicted molar refractivity (Wildman–Crippen MR) is 331 cm³/mol. The summed E-state index contributed by atoms with van der Waals surface area (Å²) in [4.78, 5) is 143. The number of aryl methyl sites for hydroxylation is 2. The molecule has 0 saturated carbocycles. The van der Waals surface area contributed by atoms with Gasteiger partial charge < -0.3 is 55.1 Å². The summed E-state index contributed by atoms with van der Waals surface area (Å²) in [5.74, 6) is -5.32. The van der Waals surface area contributed by atoms with Crippen LogP contribution in [-0.4, -0.2) is 249 Å². The van der Waals surface area contributed by atoms with Gasteiger partial charge >= 0.3 is 11.9 Å². The molecule has 502 valence electrons. The van der Waals surface area contributed by atoms with Crippen LogP contribution in [0.2, 0.25) is 0 Å². The number of ether oxygens (including phenoxy) is 4. The van der Waals surface area contributed by atoms with Gasteiger partial charge in [-0.05, 0) is 100 Å². The number of rotatable bonds is 33. The summed E-state index contributed by atoms with van der Waals surface area (Å²) in [6.45, 7) is 4.18. The fraction of sp³-hybridized carbons (Fsp3) is 0.578. The maximum absolute atomic E-state index is 14.5. The van der Waals surface area contributed by atoms with Crippen molar-refractivity contribution in [3.63, 3.8) is 0 Å². The maximum atomic E-state index is 14.5. The van der Waals surface area contributed by atoms with Crippen LogP contribution in [0, 0.1) is 25.2 Å². The van der Waals surface area contributed by atoms with Gasteiger partial charge in [0, 0.05) is 96.4 Å². The number of esters is 1. The number of pyridine rings is 1. The molecular weight excluding hydrogens is 1200 g/mol. The average Bonchev–Trinajstić information content (AvgIpc) is 1.32. The minimum Gasteiger partial charge on any atom is -0.494 e. The van der Waals surface area contributed by atoms with Crippen molar-refractivity contribution in [2.24, 2.45) is 5.92 Å². The fourth-order valence-corrected chi connectivity index (χ4v) is 11.3. The van der Waals surface area contributed by atoms with E-state index < -0.39 is 91.5 Å². The zero-order valence-electron chi connectivity index (χ0n) is 52.5. The molecule has 0 radical (unpaired) electrons. The van der Waals surface area contributed by atoms with Crippen molar-refractivity contribution in [1.82, 2.24) is 55.7 Å². The van der Waals surface area contributed by atoms with E-state index in [1.807, 2.05) is 41.0 Å². The van der Waals surface area contributed by atoms with Gasteiger partial charge in [0.2, 0.25) is 29.5 Å². The number of nitrogens with one attached hydrogen (secondary N) is 4. The molecule has 0 aliphatic carbocycles. The number of carbonyl (C=O) groups is 10. The predicted octanol–water partition coefficient (Wildman–Crippen LogP) is 1.95. The molecule has 3 fully saturated rings. The summed E-state index contributed by atoms with van der Waals surface area (Å²) < 4.78 is 49.2. The summed E-state index contributed by atoms with van der Waals surface area (Å²) in [6.07, 6.45) is 10.9. The molecule has 0 bridgehead atoms. The number of carbonyl (C=O) groups excluding carboxylic acids is 9. The van der Waals surface area contributed by atoms with Crippen molar-refractivity contribution in [3.8, 4) is 18.1 Å². The molecule has 6 amide bonds. The molecule has 3 aliphatic rings. The van der Waals surface area contributed by atoms with E-state index in [1.165, 1.54) is 19.4 Å². The quantitative estimate of drug-likeness (QED) is 0.0191. The summed E-state index contributed by atoms with van der Waals surface area (Å²) in [7, 11) is 1.17. The fourth-order valence-electron chi connectivity index (χ4n) is 11.3. The SMILES string of the molecule is C#C[C@H]1CC(F)(F)CN1C(=O)CNC(=O)c1ccnc2ccc(OCCCC3CCN(C(=O)[C@H](CC(=O)OC)NC(=O)[C@H](CCCCNC(=O)CCCc4ccc(C)cc4)NC(=O)CN4CCN(COC=O)CCN(COC=O)CCN(CC(=O)O)CC4)CC3)cc12. The molecule has 0 unspecified atom stereocenters. The molecular formula is C64H87F2N11O15. The normalized spacial score (nSPS) is 17.8. The van der Waals surface area contributed by atoms with E-state index in [0.717, 1.165) is 28.9 Å². The molecule has 26 nitrogen and oxygen atoms in total. The average molecular weight is 1290 g/mol. The van der Waals surface area contributed by atoms with E-state index in [-0.39, 0.29) is 76.5 Å². The second kappa shape index (κ2) is 37.8. The number of nitrogens with zero attached hydrogens (tertiary/aromatic N) is 7. The van der Waals surface area contributed by atoms with Gasteiger partial charge in [-0.25, -0.2) is 8.78 Å². The first-order chi connectivity index (χ1) is 44.3. The number of terminal acetylenes is 1. The van der Waals surface area contributed by atoms with Gasteiger partial charge in [0.05, 0.1) is 63.4 Å². The van der Waals surface area contributed by atoms with Crippen molar-refractivity contribution >= 4 is 71.2 Å². The number of carboxylic acids is 1. The number of amides is 6. The minimum absolute atomic E-state index is 0.0412. The second-order valence-electron chi connectivity index (χ2n) is 23.4. The smallest absolute Gasteiger partial charge is 0.317 e. The Morgan fingerprint density at radius 2 is 1.43 bits per heavy atom. The zero-order valence-corrected chi connectivity index (χ0v) is 52.5. The third kappa shape index (κ3) is 24.7. The number of carboxylic acid groups (broad SMARTS) is 1. The summed E-state index contributed by atoms with van der Waals surface area (Å²) in [5.41, 5.74) is 2.96. The van der Waals surface area contributed by atoms with E-state index >= 15 is 0 Å². The number of halogens is 2. The lowest BCUT2D eigenvalue weighted by Crippen LogP contribution is -2.56. The Morgan fingerprint density at radius 1 is 0.783 bits per heavy atom. The highest BCUT2D eigenvalue weighted by molar-refractivity contribution is 6.07. The number of benzene rings is 2. The molecule has 2 aromatic carbocycles. The molecule has 3 saturated heterocycles. The molecule has 28 heteroatoms. The highest BCUT2D eigenvalue weighted by Gasteiger charge is 2.46. The minimum atomic E-state index is -3.12. The van der Waals surface area contributed by atoms with Crippen LogP contribution in [0.4, 0.5) is 8.78 Å². The molecule has 4 heterocycles. The maximum Gasteiger partial charge on any atom is 0.317 e. The Bertz CT molecular complexity index is 3000. The number of piperidine rings is 1. The monoisotopic (exact) mass is 1290 g/mol. The Kier molecular flexibility index (Phi) is 29.9. The topological polar surface area (TPSA) is 308 Å². The van der Waals surface area contributed by atoms with Crippen LogP contribution in [0.15, 0.2) is 54.7 Å². The van der Waals surface area contributed by atoms with Gasteiger partial charge in [0.25, 0.3) is 24.8 Å². The largest absolute Gasteiger partial charge is 0.494 e. The van der Waals surface area contributed by atoms with Gasteiger partial charge in [-0.15, -0.1) is 6.42 Å². The molecule has 3 atom stereocenters. The Hall–Kier alpha value is -8.39. The number of aliphatic carboxylic acids is 1. The Balaban J connectivity index is 1.05. The van der Waals surface area contributed by atoms with Crippen LogP contribution < -0.4 is 26.0 Å². The molecule has 6 rings (SSSR count). The number of unbranched alkanes of at least 4 members (excludes halogenated alkanes) is 1. The van der Waals surface area contributed by atoms with Crippen molar-refractivity contribution in [2.45, 2.75) is 108 Å². The van der Waals surface area contributed by atoms with Gasteiger partial charge in [0.1, 0.15) is 31.3 Å². The van der Waals surface area contributed by atoms with E-state index in [4.69, 9.17) is 25.4 Å². The number of alkyl halides is 2. The number of hydrogen-bond acceptors (Lipinski definition) is 19. The van der Waals surface area contributed by atoms with Gasteiger partial charge in [-0.1, -0.05) is 35.7 Å². The second-order valence-corrected chi connectivity index (χ2v) is 23.4. The van der Waals surface area contributed by atoms with Gasteiger partial charge in [0.15, 0.2) is 0 Å². The summed E-state index contributed by atoms with van der Waals surface area (Å²) in [5, 5.41) is 21.3. The molecule has 92 heavy (non-hydrogen) atoms. The van der Waals surface area contributed by atoms with Gasteiger partial charge in [-0.2, -0.15) is 0 Å². The first-order valence-corrected chi connectivity index (χ1v) is 31.2. The number of methoxy groups -OCH3 is 1. The number of hydrogen-bond donors (Lipinski definition) is 5. The van der Waals surface area contributed by atoms with E-state index in [0.29, 0.717) is 127 Å². The van der Waals surface area contributed by atoms with Crippen LogP contribution >= 0.6 is 0 Å². The first-order valence-electron chi connectivity index (χ1n) is 31.2. The van der Waals surface area contributed by atoms with Crippen molar-refractivity contribution in [2.75, 3.05) is 125 Å². The van der Waals surface area contributed by atoms with Crippen LogP contribution in [0.25, 0.3) is 10.9 Å². The van der Waals surface area contributed by atoms with E-state index in [9.17, 15) is 61.8 Å². The molecule has 3 aliphatic heterocycles. The molecule has 0 spiro atoms. The summed E-state index contributed by atoms with van der Waals surface area (Å²) >= 11 is 0. The van der Waals surface area contributed by atoms with Crippen LogP contribution in [0.5, 0.6) is 5.75 Å². The van der Waals surface area contributed by atoms with Crippen molar-refractivity contribution < 1.29 is 80.8 Å². The van der Waals surface area contributed by atoms with Crippen LogP contribution in [-0.2, 0) is 63.8 Å². The number of fused-ring (bicyclic) bond motifs is 1. The number of aromatic nitrogens is 1. The van der Waals surface area contributed by atoms with E-state index in [1.54, 1.807) is 32.9 Å². The van der Waals surface area contributed by atoms with Crippen molar-refractivity contribution in [1.29, 1.82) is 0 Å². The molecule has 5 N–H and O–H groups in total. The lowest BCUT2D eigenvalue weighted by atomic mass is 9.92. The van der Waals surface area contributed by atoms with E-state index in [2.05, 4.69) is 32.2 Å². The third-order valence-corrected chi connectivity index (χ3v) is 16.5. The standard InChI is InChI=1S/C64H87F2N11O15/c1-4-49-37-64(65,66)41-77(49)58(82)38-69-61(86)51-19-23-67-53-18-17-50(35-52(51)53)92-34-8-10-48-20-24-76(25-21-48)63(88)55(36-60(85)89-3)71-62(87)54(11-5-6-22-68-56(80)12-7-9-47-15-13-46(2)14-16-47)70-57(81)39-72-26-27-73(40-59(83)84)29-31-75(43-91-45-79)33-32-74(30-28-72)42-90-44-78/h1,13-19,23,35,44-45,48-49,54-55H,5-12,20-22,24-34,36-43H2,2-3H3,(H,68,80)(H,69,86)(H,70,81)(H,71,87)(H,83,84)/t49-,54-,55-/m0/s1. The first kappa shape index (κ1) is 72.7. The lowest BCUT2D eigenvalue weighted by molar-refractivity contribution is -0.147. The summed E-state index contributed by atoms with van der Waals surface area (Å²) in [6, 6.07) is 11.0. The Morgan fingerprint density at radius 3 is 2.07 bits per heavy atom. The third-order valence-electron chi connectivity index (χ3n) is 16.5. The molecule has 3 aromatic rings. The number of likely N-dealkylation sites (tertiary alicyclic amines) is 2. The lowest BCUT2D eigenvalue weighted by Gasteiger charge is -2.35. The Labute approximate surface area is 534 Å². The van der Waals surface area contributed by atoms with Crippen LogP contribution in [0.1, 0.15) is 92.1 Å². The zero-order chi connectivity index (χ0) is 66.4. The molecule has 1 aromatic heterocycles. The van der Waals surface area contributed by atoms with Crippen molar-refractivity contribution in [3.05, 3.63) is 71.4 Å². The van der Waals surface area contributed by atoms with Gasteiger partial charge in [-0.3, -0.25) is 72.5 Å². The highest BCUT2D eigenvalue weighted by Crippen LogP contribution is 2.32.